The molecule has 0 amide bonds. The van der Waals surface area contributed by atoms with E-state index in [0.29, 0.717) is 0 Å². The third-order valence-corrected chi connectivity index (χ3v) is 7.51. The number of methoxy groups -OCH3 is 1. The largest absolute Gasteiger partial charge is 0.497 e. The van der Waals surface area contributed by atoms with Gasteiger partial charge in [0.25, 0.3) is 0 Å². The highest BCUT2D eigenvalue weighted by Gasteiger charge is 2.17. The van der Waals surface area contributed by atoms with Crippen molar-refractivity contribution in [3.8, 4) is 33.8 Å². The quantitative estimate of drug-likeness (QED) is 0.0819. The Morgan fingerprint density at radius 3 is 1.82 bits per heavy atom. The van der Waals surface area contributed by atoms with E-state index in [9.17, 15) is 4.79 Å². The summed E-state index contributed by atoms with van der Waals surface area (Å²) in [6.45, 7) is 6.06. The van der Waals surface area contributed by atoms with Crippen LogP contribution >= 0.6 is 0 Å². The summed E-state index contributed by atoms with van der Waals surface area (Å²) in [5, 5.41) is 7.58. The van der Waals surface area contributed by atoms with Crippen molar-refractivity contribution in [2.45, 2.75) is 13.3 Å². The first-order valence-electron chi connectivity index (χ1n) is 13.5. The van der Waals surface area contributed by atoms with Gasteiger partial charge in [0.05, 0.1) is 7.11 Å². The fourth-order valence-electron chi connectivity index (χ4n) is 5.52. The lowest BCUT2D eigenvalue weighted by Crippen LogP contribution is -2.10. The summed E-state index contributed by atoms with van der Waals surface area (Å²) in [5.74, 6) is 1.11. The molecule has 0 heterocycles. The smallest absolute Gasteiger partial charge is 0.330 e. The molecule has 0 unspecified atom stereocenters. The second-order valence-electron chi connectivity index (χ2n) is 9.82. The average Bonchev–Trinajstić information content (AvgIpc) is 3.01. The van der Waals surface area contributed by atoms with Crippen molar-refractivity contribution in [1.82, 2.24) is 0 Å². The van der Waals surface area contributed by atoms with Crippen molar-refractivity contribution in [2.24, 2.45) is 0 Å². The summed E-state index contributed by atoms with van der Waals surface area (Å²) in [6, 6.07) is 32.3. The Morgan fingerprint density at radius 2 is 1.30 bits per heavy atom. The molecule has 40 heavy (non-hydrogen) atoms. The second kappa shape index (κ2) is 10.7. The zero-order valence-electron chi connectivity index (χ0n) is 22.7. The van der Waals surface area contributed by atoms with Crippen LogP contribution in [0.5, 0.6) is 11.5 Å². The Bertz CT molecular complexity index is 1810. The van der Waals surface area contributed by atoms with Crippen molar-refractivity contribution in [3.05, 3.63) is 109 Å². The normalized spacial score (nSPS) is 11.2. The average molecular weight is 527 g/mol. The molecule has 0 atom stereocenters. The van der Waals surface area contributed by atoms with E-state index in [1.165, 1.54) is 49.0 Å². The van der Waals surface area contributed by atoms with Gasteiger partial charge >= 0.3 is 5.97 Å². The maximum atomic E-state index is 11.3. The fourth-order valence-corrected chi connectivity index (χ4v) is 5.52. The van der Waals surface area contributed by atoms with Gasteiger partial charge in [-0.1, -0.05) is 74.2 Å². The summed E-state index contributed by atoms with van der Waals surface area (Å²) in [4.78, 5) is 11.3. The maximum Gasteiger partial charge on any atom is 0.330 e. The Morgan fingerprint density at radius 1 is 0.725 bits per heavy atom. The molecule has 4 heteroatoms. The minimum absolute atomic E-state index is 0.173. The molecule has 0 aromatic heterocycles. The minimum atomic E-state index is -0.452. The van der Waals surface area contributed by atoms with E-state index >= 15 is 0 Å². The number of hydrogen-bond donors (Lipinski definition) is 0. The molecule has 4 nitrogen and oxygen atoms in total. The van der Waals surface area contributed by atoms with Crippen LogP contribution in [-0.2, 0) is 16.0 Å². The molecule has 0 spiro atoms. The van der Waals surface area contributed by atoms with E-state index in [0.717, 1.165) is 35.1 Å². The van der Waals surface area contributed by atoms with Crippen molar-refractivity contribution < 1.29 is 19.0 Å². The number of esters is 1. The summed E-state index contributed by atoms with van der Waals surface area (Å²) < 4.78 is 16.2. The van der Waals surface area contributed by atoms with Gasteiger partial charge in [0, 0.05) is 6.08 Å². The molecule has 0 radical (unpaired) electrons. The Kier molecular flexibility index (Phi) is 6.83. The molecule has 0 aliphatic heterocycles. The first kappa shape index (κ1) is 25.4. The molecule has 0 bridgehead atoms. The first-order chi connectivity index (χ1) is 19.6. The highest BCUT2D eigenvalue weighted by Crippen LogP contribution is 2.44. The lowest BCUT2D eigenvalue weighted by molar-refractivity contribution is -0.138. The SMILES string of the molecule is C=CC(=O)OCCOc1ccc(-c2cc(-c3ccc(OC)cc3)c3ccc4cc(CC)cc5ccc2c3c45)cc1. The molecule has 0 aliphatic rings. The minimum Gasteiger partial charge on any atom is -0.497 e. The lowest BCUT2D eigenvalue weighted by Gasteiger charge is -2.19. The molecular formula is C36H30O4. The third kappa shape index (κ3) is 4.62. The number of benzene rings is 6. The molecule has 0 aliphatic carbocycles. The number of ether oxygens (including phenoxy) is 3. The number of carbonyl (C=O) groups excluding carboxylic acids is 1. The van der Waals surface area contributed by atoms with Gasteiger partial charge in [0.2, 0.25) is 0 Å². The number of hydrogen-bond acceptors (Lipinski definition) is 4. The van der Waals surface area contributed by atoms with E-state index in [2.05, 4.69) is 80.2 Å². The van der Waals surface area contributed by atoms with E-state index in [4.69, 9.17) is 14.2 Å². The number of rotatable bonds is 9. The predicted molar refractivity (Wildman–Crippen MR) is 164 cm³/mol. The van der Waals surface area contributed by atoms with Crippen LogP contribution in [0, 0.1) is 0 Å². The molecule has 198 valence electrons. The summed E-state index contributed by atoms with van der Waals surface area (Å²) in [7, 11) is 1.69. The van der Waals surface area contributed by atoms with Gasteiger partial charge in [-0.2, -0.15) is 0 Å². The highest BCUT2D eigenvalue weighted by molar-refractivity contribution is 6.28. The van der Waals surface area contributed by atoms with Gasteiger partial charge in [-0.05, 0) is 96.9 Å². The van der Waals surface area contributed by atoms with E-state index in [-0.39, 0.29) is 13.2 Å². The van der Waals surface area contributed by atoms with Crippen LogP contribution in [0.3, 0.4) is 0 Å². The van der Waals surface area contributed by atoms with Crippen molar-refractivity contribution in [3.63, 3.8) is 0 Å². The van der Waals surface area contributed by atoms with Gasteiger partial charge in [-0.3, -0.25) is 0 Å². The van der Waals surface area contributed by atoms with E-state index in [1.807, 2.05) is 24.3 Å². The zero-order valence-corrected chi connectivity index (χ0v) is 22.7. The molecule has 0 saturated carbocycles. The molecule has 0 saturated heterocycles. The summed E-state index contributed by atoms with van der Waals surface area (Å²) >= 11 is 0. The Balaban J connectivity index is 1.49. The van der Waals surface area contributed by atoms with Crippen molar-refractivity contribution in [1.29, 1.82) is 0 Å². The van der Waals surface area contributed by atoms with Crippen LogP contribution in [0.4, 0.5) is 0 Å². The Hall–Kier alpha value is -4.83. The van der Waals surface area contributed by atoms with Crippen LogP contribution in [0.25, 0.3) is 54.6 Å². The van der Waals surface area contributed by atoms with Crippen LogP contribution in [-0.4, -0.2) is 26.3 Å². The van der Waals surface area contributed by atoms with Gasteiger partial charge in [0.1, 0.15) is 24.7 Å². The Labute approximate surface area is 233 Å². The summed E-state index contributed by atoms with van der Waals surface area (Å²) in [5.41, 5.74) is 5.94. The highest BCUT2D eigenvalue weighted by atomic mass is 16.6. The van der Waals surface area contributed by atoms with Gasteiger partial charge < -0.3 is 14.2 Å². The van der Waals surface area contributed by atoms with Crippen molar-refractivity contribution in [2.75, 3.05) is 20.3 Å². The molecule has 6 rings (SSSR count). The van der Waals surface area contributed by atoms with Crippen LogP contribution in [0.15, 0.2) is 104 Å². The molecule has 6 aromatic carbocycles. The van der Waals surface area contributed by atoms with Crippen molar-refractivity contribution >= 4 is 38.3 Å². The molecule has 6 aromatic rings. The fraction of sp³-hybridized carbons (Fsp3) is 0.139. The monoisotopic (exact) mass is 526 g/mol. The molecule has 0 fully saturated rings. The lowest BCUT2D eigenvalue weighted by atomic mass is 9.85. The molecular weight excluding hydrogens is 496 g/mol. The van der Waals surface area contributed by atoms with Gasteiger partial charge in [0.15, 0.2) is 0 Å². The second-order valence-corrected chi connectivity index (χ2v) is 9.82. The topological polar surface area (TPSA) is 44.8 Å². The zero-order chi connectivity index (χ0) is 27.6. The van der Waals surface area contributed by atoms with E-state index in [1.54, 1.807) is 7.11 Å². The number of aryl methyl sites for hydroxylation is 1. The standard InChI is InChI=1S/C36H30O4/c1-4-23-20-26-10-16-30-32(24-6-12-28(38-3)13-7-24)22-33(31-17-11-27(21-23)35(26)36(30)31)25-8-14-29(15-9-25)39-18-19-40-34(37)5-2/h5-17,20-22H,2,4,18-19H2,1,3H3. The molecule has 0 N–H and O–H groups in total. The first-order valence-corrected chi connectivity index (χ1v) is 13.5. The maximum absolute atomic E-state index is 11.3. The number of carbonyl (C=O) groups is 1. The van der Waals surface area contributed by atoms with Crippen LogP contribution in [0.1, 0.15) is 12.5 Å². The predicted octanol–water partition coefficient (Wildman–Crippen LogP) is 8.60. The summed E-state index contributed by atoms with van der Waals surface area (Å²) in [6.07, 6.45) is 2.15. The van der Waals surface area contributed by atoms with Crippen LogP contribution < -0.4 is 9.47 Å². The van der Waals surface area contributed by atoms with Gasteiger partial charge in [-0.25, -0.2) is 4.79 Å². The van der Waals surface area contributed by atoms with Crippen LogP contribution in [0.2, 0.25) is 0 Å². The van der Waals surface area contributed by atoms with Gasteiger partial charge in [-0.15, -0.1) is 0 Å². The van der Waals surface area contributed by atoms with E-state index < -0.39 is 5.97 Å². The third-order valence-electron chi connectivity index (χ3n) is 7.51.